The minimum atomic E-state index is -3.81. The Bertz CT molecular complexity index is 1190. The van der Waals surface area contributed by atoms with Crippen molar-refractivity contribution < 1.29 is 27.5 Å². The molecule has 0 aliphatic carbocycles. The fraction of sp³-hybridized carbons (Fsp3) is 0.417. The third kappa shape index (κ3) is 5.02. The summed E-state index contributed by atoms with van der Waals surface area (Å²) in [6.45, 7) is 2.69. The molecular formula is C24H29N3O6S. The number of rotatable bonds is 6. The number of benzene rings is 2. The average Bonchev–Trinajstić information content (AvgIpc) is 3.13. The third-order valence-corrected chi connectivity index (χ3v) is 8.01. The first-order valence-corrected chi connectivity index (χ1v) is 12.8. The maximum atomic E-state index is 13.4. The van der Waals surface area contributed by atoms with Gasteiger partial charge in [-0.15, -0.1) is 0 Å². The summed E-state index contributed by atoms with van der Waals surface area (Å²) < 4.78 is 38.9. The Hall–Kier alpha value is -3.11. The molecule has 0 bridgehead atoms. The van der Waals surface area contributed by atoms with E-state index in [-0.39, 0.29) is 28.7 Å². The molecule has 0 radical (unpaired) electrons. The highest BCUT2D eigenvalue weighted by atomic mass is 32.2. The van der Waals surface area contributed by atoms with Crippen molar-refractivity contribution in [3.05, 3.63) is 47.5 Å². The van der Waals surface area contributed by atoms with Crippen LogP contribution in [-0.2, 0) is 14.8 Å². The number of carbonyl (C=O) groups excluding carboxylic acids is 2. The molecule has 2 aromatic rings. The van der Waals surface area contributed by atoms with Gasteiger partial charge in [0.1, 0.15) is 16.4 Å². The Morgan fingerprint density at radius 2 is 1.85 bits per heavy atom. The smallest absolute Gasteiger partial charge is 0.262 e. The van der Waals surface area contributed by atoms with Gasteiger partial charge in [0.2, 0.25) is 10.0 Å². The van der Waals surface area contributed by atoms with Crippen molar-refractivity contribution in [2.24, 2.45) is 0 Å². The summed E-state index contributed by atoms with van der Waals surface area (Å²) in [6.07, 6.45) is 3.63. The summed E-state index contributed by atoms with van der Waals surface area (Å²) >= 11 is 0. The predicted octanol–water partition coefficient (Wildman–Crippen LogP) is 3.08. The number of methoxy groups -OCH3 is 1. The summed E-state index contributed by atoms with van der Waals surface area (Å²) in [5, 5.41) is 5.65. The lowest BCUT2D eigenvalue weighted by atomic mass is 10.1. The van der Waals surface area contributed by atoms with Crippen molar-refractivity contribution in [3.63, 3.8) is 0 Å². The molecule has 1 saturated heterocycles. The van der Waals surface area contributed by atoms with Gasteiger partial charge in [-0.05, 0) is 55.7 Å². The van der Waals surface area contributed by atoms with E-state index < -0.39 is 22.0 Å². The molecule has 2 aliphatic heterocycles. The number of ether oxygens (including phenoxy) is 2. The zero-order valence-corrected chi connectivity index (χ0v) is 20.1. The summed E-state index contributed by atoms with van der Waals surface area (Å²) in [4.78, 5) is 24.6. The van der Waals surface area contributed by atoms with Crippen LogP contribution in [0.2, 0.25) is 0 Å². The highest BCUT2D eigenvalue weighted by Gasteiger charge is 2.29. The third-order valence-electron chi connectivity index (χ3n) is 6.09. The summed E-state index contributed by atoms with van der Waals surface area (Å²) in [5.41, 5.74) is 1.53. The van der Waals surface area contributed by atoms with E-state index in [2.05, 4.69) is 10.6 Å². The Kier molecular flexibility index (Phi) is 7.08. The van der Waals surface area contributed by atoms with Gasteiger partial charge in [-0.2, -0.15) is 4.31 Å². The second kappa shape index (κ2) is 10.0. The standard InChI is InChI=1S/C24H29N3O6S/c1-16(17-7-9-20-19(13-17)26-23(28)15-33-20)25-24(29)18-8-10-21(32-2)22(14-18)34(30,31)27-11-5-3-4-6-12-27/h7-10,13-14,16H,3-6,11-12,15H2,1-2H3,(H,25,29)(H,26,28). The zero-order chi connectivity index (χ0) is 24.3. The van der Waals surface area contributed by atoms with E-state index in [0.29, 0.717) is 24.5 Å². The van der Waals surface area contributed by atoms with E-state index in [1.165, 1.54) is 23.5 Å². The monoisotopic (exact) mass is 487 g/mol. The maximum Gasteiger partial charge on any atom is 0.262 e. The quantitative estimate of drug-likeness (QED) is 0.647. The number of nitrogens with one attached hydrogen (secondary N) is 2. The highest BCUT2D eigenvalue weighted by Crippen LogP contribution is 2.32. The van der Waals surface area contributed by atoms with Crippen LogP contribution in [0.5, 0.6) is 11.5 Å². The lowest BCUT2D eigenvalue weighted by Crippen LogP contribution is -2.32. The summed E-state index contributed by atoms with van der Waals surface area (Å²) in [7, 11) is -2.39. The average molecular weight is 488 g/mol. The van der Waals surface area contributed by atoms with Gasteiger partial charge in [0.15, 0.2) is 6.61 Å². The molecule has 2 N–H and O–H groups in total. The van der Waals surface area contributed by atoms with Crippen LogP contribution in [0.15, 0.2) is 41.3 Å². The molecule has 10 heteroatoms. The highest BCUT2D eigenvalue weighted by molar-refractivity contribution is 7.89. The van der Waals surface area contributed by atoms with Gasteiger partial charge < -0.3 is 20.1 Å². The number of anilines is 1. The number of amides is 2. The van der Waals surface area contributed by atoms with Crippen LogP contribution in [0, 0.1) is 0 Å². The van der Waals surface area contributed by atoms with Crippen LogP contribution in [0.4, 0.5) is 5.69 Å². The van der Waals surface area contributed by atoms with E-state index >= 15 is 0 Å². The number of fused-ring (bicyclic) bond motifs is 1. The molecule has 1 atom stereocenters. The number of hydrogen-bond donors (Lipinski definition) is 2. The lowest BCUT2D eigenvalue weighted by Gasteiger charge is -2.22. The fourth-order valence-electron chi connectivity index (χ4n) is 4.17. The second-order valence-corrected chi connectivity index (χ2v) is 10.4. The van der Waals surface area contributed by atoms with Crippen molar-refractivity contribution in [2.45, 2.75) is 43.5 Å². The molecular weight excluding hydrogens is 458 g/mol. The molecule has 0 spiro atoms. The summed E-state index contributed by atoms with van der Waals surface area (Å²) in [5.74, 6) is 0.123. The minimum absolute atomic E-state index is 0.00848. The molecule has 0 saturated carbocycles. The largest absolute Gasteiger partial charge is 0.495 e. The van der Waals surface area contributed by atoms with E-state index in [4.69, 9.17) is 9.47 Å². The molecule has 2 heterocycles. The van der Waals surface area contributed by atoms with E-state index in [9.17, 15) is 18.0 Å². The molecule has 182 valence electrons. The molecule has 9 nitrogen and oxygen atoms in total. The van der Waals surface area contributed by atoms with Gasteiger partial charge in [0, 0.05) is 18.7 Å². The SMILES string of the molecule is COc1ccc(C(=O)NC(C)c2ccc3c(c2)NC(=O)CO3)cc1S(=O)(=O)N1CCCCCC1. The minimum Gasteiger partial charge on any atom is -0.495 e. The molecule has 2 aromatic carbocycles. The van der Waals surface area contributed by atoms with Crippen LogP contribution in [0.25, 0.3) is 0 Å². The van der Waals surface area contributed by atoms with Crippen molar-refractivity contribution >= 4 is 27.5 Å². The van der Waals surface area contributed by atoms with Crippen LogP contribution < -0.4 is 20.1 Å². The number of sulfonamides is 1. The second-order valence-electron chi connectivity index (χ2n) is 8.47. The van der Waals surface area contributed by atoms with Crippen LogP contribution in [0.3, 0.4) is 0 Å². The van der Waals surface area contributed by atoms with E-state index in [1.54, 1.807) is 18.2 Å². The van der Waals surface area contributed by atoms with Crippen molar-refractivity contribution in [2.75, 3.05) is 32.1 Å². The Balaban J connectivity index is 1.56. The molecule has 1 fully saturated rings. The van der Waals surface area contributed by atoms with Crippen LogP contribution in [-0.4, -0.2) is 51.3 Å². The van der Waals surface area contributed by atoms with Crippen LogP contribution >= 0.6 is 0 Å². The Morgan fingerprint density at radius 1 is 1.12 bits per heavy atom. The number of carbonyl (C=O) groups is 2. The van der Waals surface area contributed by atoms with Crippen molar-refractivity contribution in [1.82, 2.24) is 9.62 Å². The topological polar surface area (TPSA) is 114 Å². The van der Waals surface area contributed by atoms with E-state index in [1.807, 2.05) is 13.0 Å². The first kappa shape index (κ1) is 24.0. The van der Waals surface area contributed by atoms with Gasteiger partial charge in [0.05, 0.1) is 18.8 Å². The maximum absolute atomic E-state index is 13.4. The van der Waals surface area contributed by atoms with Crippen molar-refractivity contribution in [3.8, 4) is 11.5 Å². The fourth-order valence-corrected chi connectivity index (χ4v) is 5.87. The zero-order valence-electron chi connectivity index (χ0n) is 19.3. The van der Waals surface area contributed by atoms with E-state index in [0.717, 1.165) is 31.2 Å². The Labute approximate surface area is 199 Å². The molecule has 4 rings (SSSR count). The molecule has 34 heavy (non-hydrogen) atoms. The van der Waals surface area contributed by atoms with Crippen LogP contribution in [0.1, 0.15) is 54.6 Å². The van der Waals surface area contributed by atoms with Gasteiger partial charge in [-0.3, -0.25) is 9.59 Å². The molecule has 0 aromatic heterocycles. The van der Waals surface area contributed by atoms with Gasteiger partial charge in [-0.25, -0.2) is 8.42 Å². The van der Waals surface area contributed by atoms with Gasteiger partial charge in [0.25, 0.3) is 11.8 Å². The number of nitrogens with zero attached hydrogens (tertiary/aromatic N) is 1. The summed E-state index contributed by atoms with van der Waals surface area (Å²) in [6, 6.07) is 9.34. The Morgan fingerprint density at radius 3 is 2.56 bits per heavy atom. The van der Waals surface area contributed by atoms with Gasteiger partial charge >= 0.3 is 0 Å². The lowest BCUT2D eigenvalue weighted by molar-refractivity contribution is -0.118. The first-order valence-electron chi connectivity index (χ1n) is 11.4. The van der Waals surface area contributed by atoms with Gasteiger partial charge in [-0.1, -0.05) is 18.9 Å². The predicted molar refractivity (Wildman–Crippen MR) is 127 cm³/mol. The molecule has 2 amide bonds. The first-order chi connectivity index (χ1) is 16.3. The molecule has 2 aliphatic rings. The van der Waals surface area contributed by atoms with Crippen molar-refractivity contribution in [1.29, 1.82) is 0 Å². The number of hydrogen-bond acceptors (Lipinski definition) is 6. The normalized spacial score (nSPS) is 17.5. The molecule has 1 unspecified atom stereocenters.